The van der Waals surface area contributed by atoms with Crippen molar-refractivity contribution in [1.82, 2.24) is 9.55 Å². The van der Waals surface area contributed by atoms with Crippen molar-refractivity contribution in [3.63, 3.8) is 0 Å². The Bertz CT molecular complexity index is 949. The van der Waals surface area contributed by atoms with Crippen LogP contribution in [0.2, 0.25) is 0 Å². The van der Waals surface area contributed by atoms with Gasteiger partial charge in [-0.3, -0.25) is 4.57 Å². The van der Waals surface area contributed by atoms with E-state index in [0.717, 1.165) is 18.5 Å². The quantitative estimate of drug-likeness (QED) is 0.624. The molecule has 0 spiro atoms. The minimum Gasteiger partial charge on any atom is -0.406 e. The summed E-state index contributed by atoms with van der Waals surface area (Å²) in [6.07, 6.45) is -3.34. The van der Waals surface area contributed by atoms with Crippen molar-refractivity contribution in [3.8, 4) is 16.9 Å². The number of nitrogens with zero attached hydrogens (tertiary/aromatic N) is 2. The second-order valence-corrected chi connectivity index (χ2v) is 5.77. The van der Waals surface area contributed by atoms with Crippen molar-refractivity contribution in [2.75, 3.05) is 0 Å². The van der Waals surface area contributed by atoms with Gasteiger partial charge in [-0.1, -0.05) is 19.1 Å². The van der Waals surface area contributed by atoms with E-state index < -0.39 is 19.5 Å². The molecule has 0 saturated carbocycles. The molecule has 0 atom stereocenters. The lowest BCUT2D eigenvalue weighted by atomic mass is 9.95. The molecule has 0 aliphatic rings. The summed E-state index contributed by atoms with van der Waals surface area (Å²) in [4.78, 5) is 4.04. The average molecular weight is 386 g/mol. The number of fused-ring (bicyclic) bond motifs is 1. The number of hydrogen-bond donors (Lipinski definition) is 1. The Balaban J connectivity index is 2.17. The number of aromatic nitrogens is 2. The average Bonchev–Trinajstić information content (AvgIpc) is 3.05. The van der Waals surface area contributed by atoms with Gasteiger partial charge in [0.15, 0.2) is 0 Å². The Morgan fingerprint density at radius 3 is 2.37 bits per heavy atom. The molecule has 0 aliphatic heterocycles. The normalized spacial score (nSPS) is 12.1. The van der Waals surface area contributed by atoms with Gasteiger partial charge in [-0.25, -0.2) is 4.98 Å². The van der Waals surface area contributed by atoms with E-state index in [1.54, 1.807) is 6.07 Å². The van der Waals surface area contributed by atoms with Crippen molar-refractivity contribution in [2.24, 2.45) is 0 Å². The number of aryl methyl sites for hydroxylation is 1. The largest absolute Gasteiger partial charge is 0.573 e. The molecule has 0 radical (unpaired) electrons. The first kappa shape index (κ1) is 19.1. The van der Waals surface area contributed by atoms with Crippen LogP contribution in [0.25, 0.3) is 22.2 Å². The summed E-state index contributed by atoms with van der Waals surface area (Å²) in [5, 5.41) is 9.67. The van der Waals surface area contributed by atoms with Crippen LogP contribution in [0.5, 0.6) is 5.75 Å². The van der Waals surface area contributed by atoms with E-state index in [2.05, 4.69) is 9.72 Å². The fourth-order valence-corrected chi connectivity index (χ4v) is 3.03. The smallest absolute Gasteiger partial charge is 0.406 e. The highest BCUT2D eigenvalue weighted by molar-refractivity contribution is 5.95. The summed E-state index contributed by atoms with van der Waals surface area (Å²) in [6.45, 7) is -1.47. The van der Waals surface area contributed by atoms with Gasteiger partial charge in [0.25, 0.3) is 0 Å². The van der Waals surface area contributed by atoms with Crippen LogP contribution in [0.3, 0.4) is 0 Å². The lowest BCUT2D eigenvalue weighted by molar-refractivity contribution is -0.274. The number of alkyl halides is 5. The van der Waals surface area contributed by atoms with E-state index in [-0.39, 0.29) is 16.8 Å². The summed E-state index contributed by atoms with van der Waals surface area (Å²) in [6, 6.07) is 6.79. The molecule has 0 saturated heterocycles. The maximum atomic E-state index is 13.3. The number of aliphatic hydroxyl groups excluding tert-OH is 1. The summed E-state index contributed by atoms with van der Waals surface area (Å²) in [7, 11) is 0. The third-order valence-electron chi connectivity index (χ3n) is 4.19. The monoisotopic (exact) mass is 386 g/mol. The van der Waals surface area contributed by atoms with Crippen molar-refractivity contribution >= 4 is 11.0 Å². The minimum absolute atomic E-state index is 0.109. The van der Waals surface area contributed by atoms with E-state index in [1.807, 2.05) is 6.92 Å². The molecule has 27 heavy (non-hydrogen) atoms. The minimum atomic E-state index is -4.80. The highest BCUT2D eigenvalue weighted by Gasteiger charge is 2.31. The van der Waals surface area contributed by atoms with Crippen molar-refractivity contribution in [2.45, 2.75) is 32.9 Å². The lowest BCUT2D eigenvalue weighted by Crippen LogP contribution is -2.16. The zero-order chi connectivity index (χ0) is 19.8. The van der Waals surface area contributed by atoms with E-state index in [4.69, 9.17) is 0 Å². The molecule has 0 amide bonds. The molecular weight excluding hydrogens is 371 g/mol. The predicted octanol–water partition coefficient (Wildman–Crippen LogP) is 5.05. The van der Waals surface area contributed by atoms with E-state index in [9.17, 15) is 27.1 Å². The number of benzene rings is 2. The van der Waals surface area contributed by atoms with Crippen LogP contribution in [-0.2, 0) is 13.0 Å². The molecule has 1 aromatic heterocycles. The van der Waals surface area contributed by atoms with E-state index >= 15 is 0 Å². The number of ether oxygens (including phenoxy) is 1. The number of aliphatic hydroxyl groups is 1. The first-order valence-electron chi connectivity index (χ1n) is 8.01. The van der Waals surface area contributed by atoms with Crippen LogP contribution in [0.4, 0.5) is 22.0 Å². The Morgan fingerprint density at radius 1 is 1.19 bits per heavy atom. The summed E-state index contributed by atoms with van der Waals surface area (Å²) in [5.41, 5.74) is 2.33. The van der Waals surface area contributed by atoms with Crippen molar-refractivity contribution in [1.29, 1.82) is 0 Å². The summed E-state index contributed by atoms with van der Waals surface area (Å²) < 4.78 is 68.1. The highest BCUT2D eigenvalue weighted by Crippen LogP contribution is 2.36. The molecular formula is C18H15F5N2O2. The zero-order valence-electron chi connectivity index (χ0n) is 14.1. The maximum Gasteiger partial charge on any atom is 0.573 e. The Hall–Kier alpha value is -2.68. The topological polar surface area (TPSA) is 47.3 Å². The molecule has 144 valence electrons. The highest BCUT2D eigenvalue weighted by atomic mass is 19.4. The van der Waals surface area contributed by atoms with Crippen molar-refractivity contribution in [3.05, 3.63) is 47.8 Å². The second-order valence-electron chi connectivity index (χ2n) is 5.77. The summed E-state index contributed by atoms with van der Waals surface area (Å²) in [5.74, 6) is -0.386. The van der Waals surface area contributed by atoms with E-state index in [0.29, 0.717) is 33.2 Å². The Labute approximate surface area is 150 Å². The third-order valence-corrected chi connectivity index (χ3v) is 4.19. The molecule has 3 rings (SSSR count). The number of hydrogen-bond acceptors (Lipinski definition) is 3. The van der Waals surface area contributed by atoms with Crippen LogP contribution in [-0.4, -0.2) is 21.0 Å². The molecule has 9 heteroatoms. The van der Waals surface area contributed by atoms with Crippen LogP contribution in [0.1, 0.15) is 24.6 Å². The molecule has 0 bridgehead atoms. The van der Waals surface area contributed by atoms with Gasteiger partial charge in [0.1, 0.15) is 12.1 Å². The zero-order valence-corrected chi connectivity index (χ0v) is 14.1. The second kappa shape index (κ2) is 7.15. The molecule has 1 heterocycles. The molecule has 0 aliphatic carbocycles. The standard InChI is InChI=1S/C18H15F5N2O2/c1-2-10-7-13(11-3-5-12(6-4-11)27-18(21,22)23)15-16(14(10)8-26)25(9-24-15)17(19)20/h3-7,9,17,26H,2,8H2,1H3. The number of rotatable bonds is 5. The molecule has 2 aromatic carbocycles. The predicted molar refractivity (Wildman–Crippen MR) is 88.4 cm³/mol. The third kappa shape index (κ3) is 3.73. The first-order chi connectivity index (χ1) is 12.7. The maximum absolute atomic E-state index is 13.3. The fourth-order valence-electron chi connectivity index (χ4n) is 3.03. The van der Waals surface area contributed by atoms with Crippen LogP contribution in [0.15, 0.2) is 36.7 Å². The fraction of sp³-hybridized carbons (Fsp3) is 0.278. The van der Waals surface area contributed by atoms with Crippen LogP contribution in [0, 0.1) is 0 Å². The molecule has 1 N–H and O–H groups in total. The Kier molecular flexibility index (Phi) is 5.05. The van der Waals surface area contributed by atoms with Crippen LogP contribution >= 0.6 is 0 Å². The molecule has 3 aromatic rings. The van der Waals surface area contributed by atoms with E-state index in [1.165, 1.54) is 12.1 Å². The van der Waals surface area contributed by atoms with Gasteiger partial charge < -0.3 is 9.84 Å². The van der Waals surface area contributed by atoms with Gasteiger partial charge in [-0.2, -0.15) is 8.78 Å². The van der Waals surface area contributed by atoms with Crippen LogP contribution < -0.4 is 4.74 Å². The van der Waals surface area contributed by atoms with Gasteiger partial charge in [0.2, 0.25) is 0 Å². The van der Waals surface area contributed by atoms with Gasteiger partial charge >= 0.3 is 12.9 Å². The van der Waals surface area contributed by atoms with Gasteiger partial charge in [-0.05, 0) is 35.7 Å². The molecule has 0 fully saturated rings. The van der Waals surface area contributed by atoms with Gasteiger partial charge in [0.05, 0.1) is 17.6 Å². The molecule has 4 nitrogen and oxygen atoms in total. The number of halogens is 5. The van der Waals surface area contributed by atoms with Gasteiger partial charge in [-0.15, -0.1) is 13.2 Å². The number of imidazole rings is 1. The lowest BCUT2D eigenvalue weighted by Gasteiger charge is -2.14. The van der Waals surface area contributed by atoms with Gasteiger partial charge in [0, 0.05) is 11.1 Å². The molecule has 0 unspecified atom stereocenters. The SMILES string of the molecule is CCc1cc(-c2ccc(OC(F)(F)F)cc2)c2ncn(C(F)F)c2c1CO. The summed E-state index contributed by atoms with van der Waals surface area (Å²) >= 11 is 0. The Morgan fingerprint density at radius 2 is 1.85 bits per heavy atom. The van der Waals surface area contributed by atoms with Crippen molar-refractivity contribution < 1.29 is 31.8 Å². The first-order valence-corrected chi connectivity index (χ1v) is 8.01.